The van der Waals surface area contributed by atoms with Crippen LogP contribution in [0.4, 0.5) is 8.28 Å². The van der Waals surface area contributed by atoms with E-state index in [1.807, 2.05) is 13.8 Å². The molecule has 0 unspecified atom stereocenters. The summed E-state index contributed by atoms with van der Waals surface area (Å²) in [6.07, 6.45) is 1.19. The van der Waals surface area contributed by atoms with Gasteiger partial charge in [-0.05, 0) is 50.5 Å². The summed E-state index contributed by atoms with van der Waals surface area (Å²) in [5, 5.41) is 15.2. The van der Waals surface area contributed by atoms with Crippen LogP contribution in [-0.4, -0.2) is 32.0 Å². The predicted octanol–water partition coefficient (Wildman–Crippen LogP) is 2.68. The Morgan fingerprint density at radius 2 is 2.07 bits per heavy atom. The molecule has 0 saturated carbocycles. The molecule has 0 atom stereocenters. The molecule has 150 valence electrons. The third-order valence-electron chi connectivity index (χ3n) is 4.27. The van der Waals surface area contributed by atoms with E-state index in [0.29, 0.717) is 24.0 Å². The number of halogens is 2. The van der Waals surface area contributed by atoms with E-state index in [1.165, 1.54) is 18.2 Å². The molecular weight excluding hydrogens is 394 g/mol. The maximum atomic E-state index is 14.7. The molecule has 10 heteroatoms. The first-order valence-corrected chi connectivity index (χ1v) is 8.99. The van der Waals surface area contributed by atoms with E-state index in [4.69, 9.17) is 10.5 Å². The molecule has 0 aliphatic carbocycles. The number of pyridine rings is 1. The van der Waals surface area contributed by atoms with Crippen LogP contribution in [0, 0.1) is 5.82 Å². The van der Waals surface area contributed by atoms with E-state index in [0.717, 1.165) is 6.07 Å². The fourth-order valence-corrected chi connectivity index (χ4v) is 3.05. The van der Waals surface area contributed by atoms with E-state index in [-0.39, 0.29) is 22.9 Å². The van der Waals surface area contributed by atoms with Gasteiger partial charge in [0.15, 0.2) is 12.1 Å². The van der Waals surface area contributed by atoms with Gasteiger partial charge in [-0.1, -0.05) is 0 Å². The van der Waals surface area contributed by atoms with Crippen molar-refractivity contribution in [1.82, 2.24) is 4.98 Å². The van der Waals surface area contributed by atoms with Crippen LogP contribution in [-0.2, 0) is 6.42 Å². The first-order chi connectivity index (χ1) is 13.0. The zero-order chi connectivity index (χ0) is 20.7. The second-order valence-electron chi connectivity index (χ2n) is 6.93. The molecule has 2 aromatic rings. The number of nitrogens with zero attached hydrogens (tertiary/aromatic N) is 1. The van der Waals surface area contributed by atoms with Gasteiger partial charge in [-0.15, -0.1) is 0 Å². The quantitative estimate of drug-likeness (QED) is 0.647. The number of hydrogen-bond donors (Lipinski definition) is 3. The van der Waals surface area contributed by atoms with Gasteiger partial charge < -0.3 is 25.4 Å². The van der Waals surface area contributed by atoms with E-state index in [1.54, 1.807) is 0 Å². The maximum Gasteiger partial charge on any atom is 0.408 e. The molecule has 0 fully saturated rings. The van der Waals surface area contributed by atoms with Crippen molar-refractivity contribution in [3.63, 3.8) is 0 Å². The summed E-state index contributed by atoms with van der Waals surface area (Å²) in [5.41, 5.74) is 5.86. The van der Waals surface area contributed by atoms with Gasteiger partial charge in [-0.25, -0.2) is 9.37 Å². The number of hydrogen-bond acceptors (Lipinski definition) is 7. The normalized spacial score (nSPS) is 15.5. The number of amides is 1. The van der Waals surface area contributed by atoms with Gasteiger partial charge in [-0.3, -0.25) is 4.79 Å². The lowest BCUT2D eigenvalue weighted by Crippen LogP contribution is -2.34. The molecule has 1 aliphatic heterocycles. The Hall–Kier alpha value is -2.43. The molecule has 1 amide bonds. The molecule has 0 bridgehead atoms. The van der Waals surface area contributed by atoms with Crippen molar-refractivity contribution in [3.8, 4) is 22.8 Å². The van der Waals surface area contributed by atoms with Crippen molar-refractivity contribution in [1.29, 1.82) is 0 Å². The van der Waals surface area contributed by atoms with Crippen LogP contribution >= 0.6 is 12.1 Å². The Bertz CT molecular complexity index is 936. The number of nitrogens with two attached hydrogens (primary N) is 1. The number of ether oxygens (including phenoxy) is 2. The zero-order valence-corrected chi connectivity index (χ0v) is 15.8. The number of aliphatic hydroxyl groups is 2. The number of primary amides is 1. The summed E-state index contributed by atoms with van der Waals surface area (Å²) >= 11 is -0.858. The number of carbonyl (C=O) groups excluding carboxylic acids is 1. The van der Waals surface area contributed by atoms with Crippen LogP contribution in [0.1, 0.15) is 36.3 Å². The topological polar surface area (TPSA) is 115 Å². The van der Waals surface area contributed by atoms with Crippen molar-refractivity contribution in [2.75, 3.05) is 0 Å². The van der Waals surface area contributed by atoms with Gasteiger partial charge in [0.2, 0.25) is 5.88 Å². The lowest BCUT2D eigenvalue weighted by Gasteiger charge is -2.33. The SMILES string of the molecule is CC1(C)CCc2c(-c3ccc(OC(O)(O)SF)cc3F)cc(C(N)=O)nc2O1. The summed E-state index contributed by atoms with van der Waals surface area (Å²) in [7, 11) is 0. The Labute approximate surface area is 163 Å². The number of carbonyl (C=O) groups is 1. The summed E-state index contributed by atoms with van der Waals surface area (Å²) < 4.78 is 37.6. The molecule has 1 aliphatic rings. The second kappa shape index (κ2) is 7.19. The minimum Gasteiger partial charge on any atom is -0.471 e. The van der Waals surface area contributed by atoms with Gasteiger partial charge >= 0.3 is 5.31 Å². The molecule has 0 saturated heterocycles. The van der Waals surface area contributed by atoms with Gasteiger partial charge in [-0.2, -0.15) is 3.89 Å². The number of benzene rings is 1. The molecule has 28 heavy (non-hydrogen) atoms. The van der Waals surface area contributed by atoms with Crippen molar-refractivity contribution in [2.45, 2.75) is 37.6 Å². The zero-order valence-electron chi connectivity index (χ0n) is 15.0. The highest BCUT2D eigenvalue weighted by Crippen LogP contribution is 2.40. The summed E-state index contributed by atoms with van der Waals surface area (Å²) in [6, 6.07) is 4.79. The summed E-state index contributed by atoms with van der Waals surface area (Å²) in [6.45, 7) is 3.75. The van der Waals surface area contributed by atoms with Crippen LogP contribution in [0.3, 0.4) is 0 Å². The molecule has 7 nitrogen and oxygen atoms in total. The van der Waals surface area contributed by atoms with Gasteiger partial charge in [0.05, 0.1) is 0 Å². The van der Waals surface area contributed by atoms with Gasteiger partial charge in [0, 0.05) is 17.2 Å². The minimum atomic E-state index is -3.14. The average Bonchev–Trinajstić information content (AvgIpc) is 2.59. The van der Waals surface area contributed by atoms with E-state index < -0.39 is 34.8 Å². The fourth-order valence-electron chi connectivity index (χ4n) is 2.93. The molecule has 4 N–H and O–H groups in total. The second-order valence-corrected chi connectivity index (χ2v) is 7.62. The third kappa shape index (κ3) is 4.18. The van der Waals surface area contributed by atoms with Crippen LogP contribution in [0.5, 0.6) is 11.6 Å². The lowest BCUT2D eigenvalue weighted by atomic mass is 9.90. The molecule has 2 heterocycles. The molecule has 3 rings (SSSR count). The van der Waals surface area contributed by atoms with E-state index in [9.17, 15) is 23.3 Å². The fraction of sp³-hybridized carbons (Fsp3) is 0.333. The first kappa shape index (κ1) is 20.3. The molecule has 1 aromatic carbocycles. The number of fused-ring (bicyclic) bond motifs is 1. The van der Waals surface area contributed by atoms with E-state index in [2.05, 4.69) is 9.72 Å². The van der Waals surface area contributed by atoms with Gasteiger partial charge in [0.1, 0.15) is 22.9 Å². The van der Waals surface area contributed by atoms with Crippen LogP contribution < -0.4 is 15.2 Å². The van der Waals surface area contributed by atoms with Crippen LogP contribution in [0.15, 0.2) is 24.3 Å². The molecular formula is C18H18F2N2O5S. The smallest absolute Gasteiger partial charge is 0.408 e. The average molecular weight is 412 g/mol. The maximum absolute atomic E-state index is 14.7. The Kier molecular flexibility index (Phi) is 5.22. The highest BCUT2D eigenvalue weighted by molar-refractivity contribution is 7.95. The van der Waals surface area contributed by atoms with Crippen molar-refractivity contribution >= 4 is 18.1 Å². The highest BCUT2D eigenvalue weighted by atomic mass is 32.2. The molecule has 0 spiro atoms. The summed E-state index contributed by atoms with van der Waals surface area (Å²) in [4.78, 5) is 15.8. The van der Waals surface area contributed by atoms with Crippen LogP contribution in [0.25, 0.3) is 11.1 Å². The number of aromatic nitrogens is 1. The van der Waals surface area contributed by atoms with Crippen molar-refractivity contribution in [2.24, 2.45) is 5.73 Å². The Morgan fingerprint density at radius 3 is 2.68 bits per heavy atom. The molecule has 0 radical (unpaired) electrons. The third-order valence-corrected chi connectivity index (χ3v) is 4.56. The largest absolute Gasteiger partial charge is 0.471 e. The number of rotatable bonds is 5. The predicted molar refractivity (Wildman–Crippen MR) is 97.7 cm³/mol. The standard InChI is InChI=1S/C18H18F2N2O5S/c1-17(2)6-5-11-12(8-14(15(21)23)22-16(11)27-17)10-4-3-9(7-13(10)19)26-18(24,25)28-20/h3-4,7-8,24-25H,5-6H2,1-2H3,(H2,21,23). The van der Waals surface area contributed by atoms with Crippen molar-refractivity contribution in [3.05, 3.63) is 41.3 Å². The Balaban J connectivity index is 2.08. The van der Waals surface area contributed by atoms with Crippen LogP contribution in [0.2, 0.25) is 0 Å². The monoisotopic (exact) mass is 412 g/mol. The Morgan fingerprint density at radius 1 is 1.36 bits per heavy atom. The minimum absolute atomic E-state index is 0.0789. The van der Waals surface area contributed by atoms with E-state index >= 15 is 0 Å². The van der Waals surface area contributed by atoms with Crippen molar-refractivity contribution < 1.29 is 32.8 Å². The first-order valence-electron chi connectivity index (χ1n) is 8.27. The highest BCUT2D eigenvalue weighted by Gasteiger charge is 2.32. The lowest BCUT2D eigenvalue weighted by molar-refractivity contribution is -0.216. The summed E-state index contributed by atoms with van der Waals surface area (Å²) in [5.74, 6) is -1.67. The molecule has 1 aromatic heterocycles. The van der Waals surface area contributed by atoms with Gasteiger partial charge in [0.25, 0.3) is 5.91 Å².